The molecule has 2 aromatic rings. The number of rotatable bonds is 5. The molecule has 0 atom stereocenters. The first-order valence-corrected chi connectivity index (χ1v) is 5.77. The van der Waals surface area contributed by atoms with Crippen molar-refractivity contribution < 1.29 is 9.47 Å². The Balaban J connectivity index is 2.28. The van der Waals surface area contributed by atoms with E-state index in [1.54, 1.807) is 27.5 Å². The van der Waals surface area contributed by atoms with E-state index in [2.05, 4.69) is 20.6 Å². The fourth-order valence-electron chi connectivity index (χ4n) is 1.63. The molecule has 1 heterocycles. The maximum Gasteiger partial charge on any atom is 0.229 e. The number of para-hydroxylation sites is 2. The first kappa shape index (κ1) is 12.9. The summed E-state index contributed by atoms with van der Waals surface area (Å²) in [5.74, 6) is 2.41. The predicted octanol–water partition coefficient (Wildman–Crippen LogP) is 2.28. The molecule has 0 unspecified atom stereocenters. The normalized spacial score (nSPS) is 9.84. The van der Waals surface area contributed by atoms with Gasteiger partial charge >= 0.3 is 0 Å². The van der Waals surface area contributed by atoms with Crippen LogP contribution in [0.4, 0.5) is 17.5 Å². The monoisotopic (exact) mass is 260 g/mol. The van der Waals surface area contributed by atoms with Crippen LogP contribution in [0.2, 0.25) is 0 Å². The minimum Gasteiger partial charge on any atom is -0.495 e. The molecule has 2 N–H and O–H groups in total. The zero-order valence-electron chi connectivity index (χ0n) is 11.1. The summed E-state index contributed by atoms with van der Waals surface area (Å²) in [5.41, 5.74) is 0.803. The van der Waals surface area contributed by atoms with Crippen LogP contribution < -0.4 is 20.1 Å². The highest BCUT2D eigenvalue weighted by atomic mass is 16.5. The predicted molar refractivity (Wildman–Crippen MR) is 74.4 cm³/mol. The van der Waals surface area contributed by atoms with E-state index in [1.807, 2.05) is 24.3 Å². The second-order valence-electron chi connectivity index (χ2n) is 3.69. The summed E-state index contributed by atoms with van der Waals surface area (Å²) < 4.78 is 10.4. The van der Waals surface area contributed by atoms with Crippen LogP contribution in [0, 0.1) is 0 Å². The van der Waals surface area contributed by atoms with Crippen molar-refractivity contribution in [1.82, 2.24) is 9.97 Å². The van der Waals surface area contributed by atoms with Gasteiger partial charge in [0.05, 0.1) is 26.1 Å². The highest BCUT2D eigenvalue weighted by Crippen LogP contribution is 2.27. The molecule has 2 rings (SSSR count). The number of ether oxygens (including phenoxy) is 2. The largest absolute Gasteiger partial charge is 0.495 e. The van der Waals surface area contributed by atoms with Gasteiger partial charge in [0.15, 0.2) is 11.6 Å². The van der Waals surface area contributed by atoms with Crippen molar-refractivity contribution in [3.05, 3.63) is 30.5 Å². The van der Waals surface area contributed by atoms with E-state index in [-0.39, 0.29) is 0 Å². The van der Waals surface area contributed by atoms with Crippen molar-refractivity contribution in [2.24, 2.45) is 0 Å². The van der Waals surface area contributed by atoms with E-state index in [0.29, 0.717) is 17.5 Å². The molecule has 0 bridgehead atoms. The molecule has 0 amide bonds. The summed E-state index contributed by atoms with van der Waals surface area (Å²) in [6.07, 6.45) is 1.61. The van der Waals surface area contributed by atoms with Gasteiger partial charge in [-0.2, -0.15) is 4.98 Å². The Labute approximate surface area is 111 Å². The first-order valence-electron chi connectivity index (χ1n) is 5.77. The smallest absolute Gasteiger partial charge is 0.229 e. The lowest BCUT2D eigenvalue weighted by Gasteiger charge is -2.11. The summed E-state index contributed by atoms with van der Waals surface area (Å²) in [6.45, 7) is 0. The van der Waals surface area contributed by atoms with Gasteiger partial charge in [0.2, 0.25) is 5.95 Å². The highest BCUT2D eigenvalue weighted by Gasteiger charge is 2.08. The van der Waals surface area contributed by atoms with Gasteiger partial charge in [0.25, 0.3) is 0 Å². The Morgan fingerprint density at radius 1 is 1.05 bits per heavy atom. The number of hydrogen-bond donors (Lipinski definition) is 2. The van der Waals surface area contributed by atoms with Gasteiger partial charge in [-0.15, -0.1) is 0 Å². The third-order valence-electron chi connectivity index (χ3n) is 2.57. The van der Waals surface area contributed by atoms with E-state index in [1.165, 1.54) is 0 Å². The lowest BCUT2D eigenvalue weighted by atomic mass is 10.3. The molecule has 0 spiro atoms. The minimum absolute atomic E-state index is 0.467. The average Bonchev–Trinajstić information content (AvgIpc) is 2.47. The molecule has 0 radical (unpaired) electrons. The van der Waals surface area contributed by atoms with Gasteiger partial charge in [-0.05, 0) is 12.1 Å². The molecule has 0 saturated carbocycles. The van der Waals surface area contributed by atoms with E-state index >= 15 is 0 Å². The molecule has 1 aromatic heterocycles. The Bertz CT molecular complexity index is 560. The van der Waals surface area contributed by atoms with Gasteiger partial charge in [-0.25, -0.2) is 4.98 Å². The highest BCUT2D eigenvalue weighted by molar-refractivity contribution is 5.63. The summed E-state index contributed by atoms with van der Waals surface area (Å²) in [4.78, 5) is 8.50. The van der Waals surface area contributed by atoms with Gasteiger partial charge in [0, 0.05) is 7.05 Å². The molecular weight excluding hydrogens is 244 g/mol. The fraction of sp³-hybridized carbons (Fsp3) is 0.231. The fourth-order valence-corrected chi connectivity index (χ4v) is 1.63. The quantitative estimate of drug-likeness (QED) is 0.859. The summed E-state index contributed by atoms with van der Waals surface area (Å²) >= 11 is 0. The molecule has 0 saturated heterocycles. The van der Waals surface area contributed by atoms with Crippen LogP contribution in [0.25, 0.3) is 0 Å². The van der Waals surface area contributed by atoms with E-state index in [4.69, 9.17) is 9.47 Å². The topological polar surface area (TPSA) is 68.3 Å². The van der Waals surface area contributed by atoms with Gasteiger partial charge in [0.1, 0.15) is 5.75 Å². The lowest BCUT2D eigenvalue weighted by molar-refractivity contribution is 0.413. The lowest BCUT2D eigenvalue weighted by Crippen LogP contribution is -2.03. The zero-order chi connectivity index (χ0) is 13.7. The molecule has 0 aliphatic heterocycles. The standard InChI is InChI=1S/C13H16N4O2/c1-14-12-11(19-3)8-15-13(17-12)16-9-6-4-5-7-10(9)18-2/h4-8H,1-3H3,(H2,14,15,16,17). The second kappa shape index (κ2) is 5.90. The van der Waals surface area contributed by atoms with Gasteiger partial charge in [-0.1, -0.05) is 12.1 Å². The van der Waals surface area contributed by atoms with E-state index < -0.39 is 0 Å². The van der Waals surface area contributed by atoms with Crippen molar-refractivity contribution in [2.75, 3.05) is 31.9 Å². The third kappa shape index (κ3) is 2.85. The summed E-state index contributed by atoms with van der Waals surface area (Å²) in [7, 11) is 4.97. The van der Waals surface area contributed by atoms with Crippen molar-refractivity contribution in [3.63, 3.8) is 0 Å². The first-order chi connectivity index (χ1) is 9.28. The Kier molecular flexibility index (Phi) is 4.02. The molecule has 100 valence electrons. The Hall–Kier alpha value is -2.50. The Morgan fingerprint density at radius 3 is 2.47 bits per heavy atom. The maximum absolute atomic E-state index is 5.26. The van der Waals surface area contributed by atoms with Crippen LogP contribution in [-0.4, -0.2) is 31.2 Å². The second-order valence-corrected chi connectivity index (χ2v) is 3.69. The van der Waals surface area contributed by atoms with Crippen LogP contribution in [0.5, 0.6) is 11.5 Å². The molecule has 0 fully saturated rings. The van der Waals surface area contributed by atoms with Gasteiger partial charge < -0.3 is 20.1 Å². The van der Waals surface area contributed by atoms with Crippen molar-refractivity contribution >= 4 is 17.5 Å². The Morgan fingerprint density at radius 2 is 1.79 bits per heavy atom. The number of nitrogens with one attached hydrogen (secondary N) is 2. The van der Waals surface area contributed by atoms with Crippen LogP contribution >= 0.6 is 0 Å². The number of anilines is 3. The molecule has 0 aliphatic rings. The number of aromatic nitrogens is 2. The summed E-state index contributed by atoms with van der Waals surface area (Å²) in [5, 5.41) is 6.06. The van der Waals surface area contributed by atoms with Gasteiger partial charge in [-0.3, -0.25) is 0 Å². The maximum atomic E-state index is 5.26. The van der Waals surface area contributed by atoms with E-state index in [9.17, 15) is 0 Å². The summed E-state index contributed by atoms with van der Waals surface area (Å²) in [6, 6.07) is 7.57. The molecule has 6 nitrogen and oxygen atoms in total. The van der Waals surface area contributed by atoms with Crippen molar-refractivity contribution in [1.29, 1.82) is 0 Å². The SMILES string of the molecule is CNc1nc(Nc2ccccc2OC)ncc1OC. The van der Waals surface area contributed by atoms with Crippen LogP contribution in [0.1, 0.15) is 0 Å². The molecule has 6 heteroatoms. The average molecular weight is 260 g/mol. The molecule has 1 aromatic carbocycles. The number of benzene rings is 1. The molecular formula is C13H16N4O2. The zero-order valence-corrected chi connectivity index (χ0v) is 11.1. The van der Waals surface area contributed by atoms with Crippen LogP contribution in [0.3, 0.4) is 0 Å². The molecule has 19 heavy (non-hydrogen) atoms. The van der Waals surface area contributed by atoms with Crippen molar-refractivity contribution in [2.45, 2.75) is 0 Å². The number of methoxy groups -OCH3 is 2. The third-order valence-corrected chi connectivity index (χ3v) is 2.57. The van der Waals surface area contributed by atoms with E-state index in [0.717, 1.165) is 11.4 Å². The number of nitrogens with zero attached hydrogens (tertiary/aromatic N) is 2. The van der Waals surface area contributed by atoms with Crippen LogP contribution in [-0.2, 0) is 0 Å². The van der Waals surface area contributed by atoms with Crippen molar-refractivity contribution in [3.8, 4) is 11.5 Å². The minimum atomic E-state index is 0.467. The number of hydrogen-bond acceptors (Lipinski definition) is 6. The van der Waals surface area contributed by atoms with Crippen LogP contribution in [0.15, 0.2) is 30.5 Å². The molecule has 0 aliphatic carbocycles.